The molecule has 124 valence electrons. The monoisotopic (exact) mass is 323 g/mol. The first-order chi connectivity index (χ1) is 10.3. The van der Waals surface area contributed by atoms with Crippen LogP contribution in [0.1, 0.15) is 60.6 Å². The molecular weight excluding hydrogens is 294 g/mol. The second-order valence-corrected chi connectivity index (χ2v) is 8.66. The summed E-state index contributed by atoms with van der Waals surface area (Å²) in [6.45, 7) is 9.66. The van der Waals surface area contributed by atoms with Crippen LogP contribution in [0, 0.1) is 11.3 Å². The van der Waals surface area contributed by atoms with Crippen LogP contribution in [0.4, 0.5) is 0 Å². The number of thiophene rings is 1. The van der Waals surface area contributed by atoms with E-state index in [2.05, 4.69) is 32.2 Å². The SMILES string of the molecule is COCCC(C)NC(=O)c1cc2c(s1)CCC(C(C)(C)C)C2. The molecule has 1 aromatic heterocycles. The number of ether oxygens (including phenoxy) is 1. The normalized spacial score (nSPS) is 19.6. The van der Waals surface area contributed by atoms with E-state index in [4.69, 9.17) is 4.74 Å². The summed E-state index contributed by atoms with van der Waals surface area (Å²) in [4.78, 5) is 14.6. The van der Waals surface area contributed by atoms with Crippen LogP contribution in [0.2, 0.25) is 0 Å². The van der Waals surface area contributed by atoms with Crippen molar-refractivity contribution in [2.24, 2.45) is 11.3 Å². The van der Waals surface area contributed by atoms with E-state index in [-0.39, 0.29) is 11.9 Å². The van der Waals surface area contributed by atoms with Crippen molar-refractivity contribution in [3.8, 4) is 0 Å². The average molecular weight is 324 g/mol. The number of methoxy groups -OCH3 is 1. The summed E-state index contributed by atoms with van der Waals surface area (Å²) >= 11 is 1.68. The fourth-order valence-electron chi connectivity index (χ4n) is 3.04. The minimum atomic E-state index is 0.0651. The second-order valence-electron chi connectivity index (χ2n) is 7.52. The average Bonchev–Trinajstić information content (AvgIpc) is 2.87. The van der Waals surface area contributed by atoms with E-state index in [0.29, 0.717) is 17.9 Å². The van der Waals surface area contributed by atoms with E-state index in [9.17, 15) is 4.79 Å². The highest BCUT2D eigenvalue weighted by Crippen LogP contribution is 2.40. The molecule has 4 heteroatoms. The van der Waals surface area contributed by atoms with E-state index < -0.39 is 0 Å². The summed E-state index contributed by atoms with van der Waals surface area (Å²) in [5.74, 6) is 0.779. The predicted octanol–water partition coefficient (Wildman–Crippen LogP) is 4.05. The Balaban J connectivity index is 2.01. The number of hydrogen-bond donors (Lipinski definition) is 1. The zero-order valence-corrected chi connectivity index (χ0v) is 15.3. The molecular formula is C18H29NO2S. The van der Waals surface area contributed by atoms with E-state index in [1.54, 1.807) is 18.4 Å². The Kier molecular flexibility index (Phi) is 5.67. The summed E-state index contributed by atoms with van der Waals surface area (Å²) in [6, 6.07) is 2.27. The molecule has 1 aliphatic carbocycles. The van der Waals surface area contributed by atoms with Gasteiger partial charge in [0.2, 0.25) is 0 Å². The van der Waals surface area contributed by atoms with Crippen molar-refractivity contribution >= 4 is 17.2 Å². The Labute approximate surface area is 138 Å². The molecule has 1 aromatic rings. The maximum Gasteiger partial charge on any atom is 0.261 e. The van der Waals surface area contributed by atoms with Crippen LogP contribution in [0.25, 0.3) is 0 Å². The third-order valence-electron chi connectivity index (χ3n) is 4.66. The molecule has 0 aromatic carbocycles. The van der Waals surface area contributed by atoms with Gasteiger partial charge in [0, 0.05) is 24.6 Å². The molecule has 0 aliphatic heterocycles. The Morgan fingerprint density at radius 3 is 2.86 bits per heavy atom. The first-order valence-corrected chi connectivity index (χ1v) is 9.04. The van der Waals surface area contributed by atoms with Gasteiger partial charge in [0.25, 0.3) is 5.91 Å². The molecule has 0 saturated heterocycles. The summed E-state index contributed by atoms with van der Waals surface area (Å²) in [5.41, 5.74) is 1.74. The predicted molar refractivity (Wildman–Crippen MR) is 92.7 cm³/mol. The highest BCUT2D eigenvalue weighted by atomic mass is 32.1. The molecule has 22 heavy (non-hydrogen) atoms. The Hall–Kier alpha value is -0.870. The smallest absolute Gasteiger partial charge is 0.261 e. The number of hydrogen-bond acceptors (Lipinski definition) is 3. The summed E-state index contributed by atoms with van der Waals surface area (Å²) < 4.78 is 5.06. The third-order valence-corrected chi connectivity index (χ3v) is 5.90. The largest absolute Gasteiger partial charge is 0.385 e. The van der Waals surface area contributed by atoms with Crippen LogP contribution < -0.4 is 5.32 Å². The van der Waals surface area contributed by atoms with Crippen LogP contribution >= 0.6 is 11.3 Å². The van der Waals surface area contributed by atoms with Gasteiger partial charge >= 0.3 is 0 Å². The second kappa shape index (κ2) is 7.14. The molecule has 1 amide bonds. The van der Waals surface area contributed by atoms with E-state index in [1.165, 1.54) is 16.9 Å². The molecule has 0 radical (unpaired) electrons. The number of aryl methyl sites for hydroxylation is 1. The Morgan fingerprint density at radius 1 is 1.50 bits per heavy atom. The molecule has 0 bridgehead atoms. The maximum atomic E-state index is 12.4. The minimum Gasteiger partial charge on any atom is -0.385 e. The fraction of sp³-hybridized carbons (Fsp3) is 0.722. The molecule has 0 fully saturated rings. The fourth-order valence-corrected chi connectivity index (χ4v) is 4.15. The molecule has 2 unspecified atom stereocenters. The van der Waals surface area contributed by atoms with Crippen LogP contribution in [0.3, 0.4) is 0 Å². The maximum absolute atomic E-state index is 12.4. The van der Waals surface area contributed by atoms with Gasteiger partial charge in [-0.3, -0.25) is 4.79 Å². The van der Waals surface area contributed by atoms with Crippen molar-refractivity contribution in [1.29, 1.82) is 0 Å². The molecule has 2 rings (SSSR count). The number of carbonyl (C=O) groups is 1. The molecule has 0 spiro atoms. The van der Waals surface area contributed by atoms with Gasteiger partial charge in [-0.05, 0) is 55.6 Å². The quantitative estimate of drug-likeness (QED) is 0.887. The van der Waals surface area contributed by atoms with Crippen LogP contribution in [0.5, 0.6) is 0 Å². The Bertz CT molecular complexity index is 516. The zero-order chi connectivity index (χ0) is 16.3. The Morgan fingerprint density at radius 2 is 2.23 bits per heavy atom. The zero-order valence-electron chi connectivity index (χ0n) is 14.5. The van der Waals surface area contributed by atoms with Gasteiger partial charge in [-0.2, -0.15) is 0 Å². The highest BCUT2D eigenvalue weighted by molar-refractivity contribution is 7.14. The molecule has 1 aliphatic rings. The van der Waals surface area contributed by atoms with Crippen LogP contribution in [-0.2, 0) is 17.6 Å². The van der Waals surface area contributed by atoms with E-state index >= 15 is 0 Å². The van der Waals surface area contributed by atoms with Crippen molar-refractivity contribution in [2.45, 2.75) is 59.4 Å². The molecule has 0 saturated carbocycles. The minimum absolute atomic E-state index is 0.0651. The standard InChI is InChI=1S/C18H29NO2S/c1-12(8-9-21-5)19-17(20)16-11-13-10-14(18(2,3)4)6-7-15(13)22-16/h11-12,14H,6-10H2,1-5H3,(H,19,20). The number of nitrogens with one attached hydrogen (secondary N) is 1. The summed E-state index contributed by atoms with van der Waals surface area (Å²) in [5, 5.41) is 3.07. The number of rotatable bonds is 5. The van der Waals surface area contributed by atoms with Crippen molar-refractivity contribution in [2.75, 3.05) is 13.7 Å². The van der Waals surface area contributed by atoms with Crippen LogP contribution in [-0.4, -0.2) is 25.7 Å². The lowest BCUT2D eigenvalue weighted by Gasteiger charge is -2.33. The lowest BCUT2D eigenvalue weighted by atomic mass is 9.72. The molecule has 1 N–H and O–H groups in total. The summed E-state index contributed by atoms with van der Waals surface area (Å²) in [7, 11) is 1.69. The molecule has 1 heterocycles. The number of carbonyl (C=O) groups excluding carboxylic acids is 1. The molecule has 3 nitrogen and oxygen atoms in total. The van der Waals surface area contributed by atoms with Gasteiger partial charge in [-0.25, -0.2) is 0 Å². The number of fused-ring (bicyclic) bond motifs is 1. The van der Waals surface area contributed by atoms with Gasteiger partial charge in [0.15, 0.2) is 0 Å². The van der Waals surface area contributed by atoms with Gasteiger partial charge in [0.1, 0.15) is 0 Å². The highest BCUT2D eigenvalue weighted by Gasteiger charge is 2.30. The third kappa shape index (κ3) is 4.32. The van der Waals surface area contributed by atoms with Gasteiger partial charge in [-0.15, -0.1) is 11.3 Å². The van der Waals surface area contributed by atoms with E-state index in [0.717, 1.165) is 24.1 Å². The molecule has 2 atom stereocenters. The lowest BCUT2D eigenvalue weighted by Crippen LogP contribution is -2.32. The van der Waals surface area contributed by atoms with Gasteiger partial charge in [-0.1, -0.05) is 20.8 Å². The topological polar surface area (TPSA) is 38.3 Å². The van der Waals surface area contributed by atoms with Gasteiger partial charge < -0.3 is 10.1 Å². The first kappa shape index (κ1) is 17.5. The van der Waals surface area contributed by atoms with Crippen molar-refractivity contribution in [3.05, 3.63) is 21.4 Å². The van der Waals surface area contributed by atoms with Crippen LogP contribution in [0.15, 0.2) is 6.07 Å². The van der Waals surface area contributed by atoms with Crippen molar-refractivity contribution in [3.63, 3.8) is 0 Å². The number of amides is 1. The van der Waals surface area contributed by atoms with Crippen molar-refractivity contribution < 1.29 is 9.53 Å². The summed E-state index contributed by atoms with van der Waals surface area (Å²) in [6.07, 6.45) is 4.32. The van der Waals surface area contributed by atoms with E-state index in [1.807, 2.05) is 6.92 Å². The lowest BCUT2D eigenvalue weighted by molar-refractivity contribution is 0.0933. The van der Waals surface area contributed by atoms with Gasteiger partial charge in [0.05, 0.1) is 4.88 Å². The van der Waals surface area contributed by atoms with Crippen molar-refractivity contribution in [1.82, 2.24) is 5.32 Å². The first-order valence-electron chi connectivity index (χ1n) is 8.22.